The SMILES string of the molecule is C.C.C.CC.COC[C@@H]1C[C@@H](OP(=O)(O)OC[C@@H]2C[C@@H](OP(=O)(O)OC[C@@H]3C[C@@H](O)CN3C(=O)CCCCCCC(=O)CCCO[C@@H]3OC(CO)[C@H](O)[C@H](O)C3C)CN2C(=O)CCCCCCC(=O)CCCO[C@@H]2OC(CO)[C@H](O)[C@H](O)C2C)CN1C(=O)CCCCCCC(=O)CCCO[C@@H]1OC(CO)[C@H](O)[C@H](O)C1C. The Balaban J connectivity index is 0.00000829. The molecule has 6 rings (SSSR count). The lowest BCUT2D eigenvalue weighted by atomic mass is 9.92. The van der Waals surface area contributed by atoms with E-state index in [1.54, 1.807) is 25.7 Å². The number of methoxy groups -OCH3 is 1. The van der Waals surface area contributed by atoms with E-state index in [0.717, 1.165) is 0 Å². The van der Waals surface area contributed by atoms with Crippen LogP contribution in [0.3, 0.4) is 0 Å². The highest BCUT2D eigenvalue weighted by molar-refractivity contribution is 7.47. The second-order valence-corrected chi connectivity index (χ2v) is 32.2. The fourth-order valence-electron chi connectivity index (χ4n) is 14.5. The number of hydrogen-bond acceptors (Lipinski definition) is 29. The zero-order valence-corrected chi connectivity index (χ0v) is 65.8. The molecule has 0 bridgehead atoms. The number of aliphatic hydroxyl groups excluding tert-OH is 10. The van der Waals surface area contributed by atoms with Gasteiger partial charge in [0.15, 0.2) is 18.9 Å². The second-order valence-electron chi connectivity index (χ2n) is 29.4. The van der Waals surface area contributed by atoms with Crippen LogP contribution in [0.4, 0.5) is 0 Å². The lowest BCUT2D eigenvalue weighted by Gasteiger charge is -2.40. The maximum Gasteiger partial charge on any atom is 0.472 e. The third-order valence-electron chi connectivity index (χ3n) is 20.9. The number of Topliss-reactive ketones (excluding diaryl/α,β-unsaturated/α-hetero) is 3. The molecule has 6 fully saturated rings. The molecule has 0 aromatic rings. The van der Waals surface area contributed by atoms with Crippen molar-refractivity contribution in [1.29, 1.82) is 0 Å². The maximum absolute atomic E-state index is 14.0. The van der Waals surface area contributed by atoms with Gasteiger partial charge in [-0.15, -0.1) is 0 Å². The monoisotopic (exact) mass is 1640 g/mol. The first-order chi connectivity index (χ1) is 51.5. The van der Waals surface area contributed by atoms with Gasteiger partial charge in [-0.1, -0.05) is 95.4 Å². The largest absolute Gasteiger partial charge is 0.472 e. The molecule has 0 aliphatic carbocycles. The quantitative estimate of drug-likeness (QED) is 0.0279. The number of phosphoric acid groups is 2. The summed E-state index contributed by atoms with van der Waals surface area (Å²) in [6.07, 6.45) is -5.65. The standard InChI is InChI=1S/C70H123N3O31P2.C2H6.3CH4/c1-44-62(84)65(87)56(38-74)100-68(44)95-29-17-23-50(77)20-11-5-8-14-26-59(81)71-35-53(80)32-47(71)42-98-105(90,91)104-55-34-49(73(37-55)61(83)28-16-10-7-13-22-52(79)25-19-31-97-70-46(3)64(86)67(89)58(40-76)102-70)43-99-106(92,93)103-54-33-48(41-94-4)72(36-54)60(82)27-15-9-6-12-21-51(78)24-18-30-96-69-45(2)63(85)66(88)57(39-75)101-69;1-2;;;/h44-49,53-58,62-70,74-76,80,84-89H,5-43H2,1-4H3,(H,90,91)(H,92,93);1-2H3;3*1H4/t44?,45?,46?,47-,48-,49-,53+,54+,55+,56?,57?,58?,62+,63+,64+,65-,66-,67-,68+,69+,70+;;;;/m0..../s1. The topological polar surface area (TPSA) is 491 Å². The molecule has 0 aromatic carbocycles. The molecule has 36 heteroatoms. The van der Waals surface area contributed by atoms with Crippen LogP contribution in [0.1, 0.15) is 230 Å². The van der Waals surface area contributed by atoms with E-state index in [1.165, 1.54) is 16.9 Å². The molecule has 0 spiro atoms. The number of ether oxygens (including phenoxy) is 7. The Morgan fingerprint density at radius 3 is 0.955 bits per heavy atom. The van der Waals surface area contributed by atoms with Crippen molar-refractivity contribution in [2.45, 2.75) is 341 Å². The zero-order chi connectivity index (χ0) is 79.7. The molecular weight excluding hydrogens is 1500 g/mol. The van der Waals surface area contributed by atoms with E-state index in [-0.39, 0.29) is 162 Å². The first-order valence-electron chi connectivity index (χ1n) is 39.1. The van der Waals surface area contributed by atoms with E-state index in [2.05, 4.69) is 0 Å². The van der Waals surface area contributed by atoms with E-state index in [9.17, 15) is 98.7 Å². The van der Waals surface area contributed by atoms with Crippen LogP contribution in [-0.4, -0.2) is 307 Å². The van der Waals surface area contributed by atoms with Gasteiger partial charge in [-0.2, -0.15) is 0 Å². The van der Waals surface area contributed by atoms with Crippen molar-refractivity contribution >= 4 is 50.7 Å². The predicted octanol–water partition coefficient (Wildman–Crippen LogP) is 5.08. The number of unbranched alkanes of at least 4 members (excludes halogenated alkanes) is 9. The third kappa shape index (κ3) is 34.8. The van der Waals surface area contributed by atoms with Gasteiger partial charge in [0.25, 0.3) is 0 Å². The van der Waals surface area contributed by atoms with Crippen molar-refractivity contribution in [3.8, 4) is 0 Å². The highest BCUT2D eigenvalue weighted by Crippen LogP contribution is 2.50. The number of amides is 3. The highest BCUT2D eigenvalue weighted by Gasteiger charge is 2.48. The van der Waals surface area contributed by atoms with Gasteiger partial charge in [0, 0.05) is 102 Å². The minimum Gasteiger partial charge on any atom is -0.394 e. The van der Waals surface area contributed by atoms with Crippen molar-refractivity contribution in [3.63, 3.8) is 0 Å². The number of carbonyl (C=O) groups excluding carboxylic acids is 6. The summed E-state index contributed by atoms with van der Waals surface area (Å²) in [5.41, 5.74) is 0. The minimum absolute atomic E-state index is 0. The number of β-amino-alcohol motifs (C(OH)–C–C–N with tert-alkyl or cyclic N) is 1. The summed E-state index contributed by atoms with van der Waals surface area (Å²) in [6, 6.07) is -2.26. The van der Waals surface area contributed by atoms with E-state index >= 15 is 0 Å². The lowest BCUT2D eigenvalue weighted by molar-refractivity contribution is -0.282. The molecule has 0 saturated carbocycles. The number of hydrogen-bond donors (Lipinski definition) is 12. The molecule has 6 aliphatic heterocycles. The van der Waals surface area contributed by atoms with E-state index in [1.807, 2.05) is 13.8 Å². The van der Waals surface area contributed by atoms with Crippen molar-refractivity contribution in [3.05, 3.63) is 0 Å². The van der Waals surface area contributed by atoms with Crippen molar-refractivity contribution in [2.75, 3.05) is 86.2 Å². The van der Waals surface area contributed by atoms with Gasteiger partial charge in [-0.25, -0.2) is 9.13 Å². The molecule has 8 unspecified atom stereocenters. The molecular formula is C75H141N3O31P2. The van der Waals surface area contributed by atoms with Crippen LogP contribution in [0.5, 0.6) is 0 Å². The van der Waals surface area contributed by atoms with Crippen LogP contribution in [0.15, 0.2) is 0 Å². The van der Waals surface area contributed by atoms with E-state index < -0.39 is 183 Å². The molecule has 652 valence electrons. The number of likely N-dealkylation sites (tertiary alicyclic amines) is 3. The van der Waals surface area contributed by atoms with Crippen LogP contribution in [0, 0.1) is 17.8 Å². The molecule has 0 radical (unpaired) electrons. The first kappa shape index (κ1) is 104. The molecule has 0 aromatic heterocycles. The van der Waals surface area contributed by atoms with Crippen molar-refractivity contribution in [2.24, 2.45) is 17.8 Å². The molecule has 12 N–H and O–H groups in total. The summed E-state index contributed by atoms with van der Waals surface area (Å²) >= 11 is 0. The molecule has 6 saturated heterocycles. The maximum atomic E-state index is 14.0. The van der Waals surface area contributed by atoms with Gasteiger partial charge in [-0.3, -0.25) is 46.9 Å². The Bertz CT molecular complexity index is 2750. The normalized spacial score (nSPS) is 31.1. The summed E-state index contributed by atoms with van der Waals surface area (Å²) in [5.74, 6) is -2.55. The van der Waals surface area contributed by atoms with Crippen LogP contribution >= 0.6 is 15.6 Å². The number of nitrogens with zero attached hydrogens (tertiary/aromatic N) is 3. The fourth-order valence-corrected chi connectivity index (χ4v) is 16.4. The number of aliphatic hydroxyl groups is 10. The Morgan fingerprint density at radius 1 is 0.387 bits per heavy atom. The predicted molar refractivity (Wildman–Crippen MR) is 406 cm³/mol. The number of rotatable bonds is 51. The molecule has 34 nitrogen and oxygen atoms in total. The number of ketones is 3. The Morgan fingerprint density at radius 2 is 0.658 bits per heavy atom. The second kappa shape index (κ2) is 54.1. The van der Waals surface area contributed by atoms with Crippen LogP contribution in [0.2, 0.25) is 0 Å². The summed E-state index contributed by atoms with van der Waals surface area (Å²) in [4.78, 5) is 106. The smallest absolute Gasteiger partial charge is 0.394 e. The van der Waals surface area contributed by atoms with Crippen LogP contribution in [-0.2, 0) is 89.2 Å². The molecule has 3 amide bonds. The minimum atomic E-state index is -4.95. The third-order valence-corrected chi connectivity index (χ3v) is 23.0. The molecule has 111 heavy (non-hydrogen) atoms. The van der Waals surface area contributed by atoms with Gasteiger partial charge in [-0.05, 0) is 77.0 Å². The van der Waals surface area contributed by atoms with Gasteiger partial charge < -0.3 is 109 Å². The van der Waals surface area contributed by atoms with Crippen LogP contribution < -0.4 is 0 Å². The Hall–Kier alpha value is -3.04. The summed E-state index contributed by atoms with van der Waals surface area (Å²) in [5, 5.41) is 100. The van der Waals surface area contributed by atoms with Gasteiger partial charge in [0.05, 0.1) is 114 Å². The first-order valence-corrected chi connectivity index (χ1v) is 42.1. The van der Waals surface area contributed by atoms with E-state index in [4.69, 9.17) is 51.3 Å². The van der Waals surface area contributed by atoms with Gasteiger partial charge in [0.1, 0.15) is 54.0 Å². The Labute approximate surface area is 657 Å². The zero-order valence-electron chi connectivity index (χ0n) is 64.1. The average molecular weight is 1640 g/mol. The average Bonchev–Trinajstić information content (AvgIpc) is 1.09. The summed E-state index contributed by atoms with van der Waals surface area (Å²) in [7, 11) is -8.42. The van der Waals surface area contributed by atoms with E-state index in [0.29, 0.717) is 109 Å². The Kier molecular flexibility index (Phi) is 50.7. The van der Waals surface area contributed by atoms with Gasteiger partial charge >= 0.3 is 15.6 Å². The lowest BCUT2D eigenvalue weighted by Crippen LogP contribution is -2.55. The number of carbonyl (C=O) groups is 6. The number of phosphoric ester groups is 2. The highest BCUT2D eigenvalue weighted by atomic mass is 31.2. The molecule has 6 aliphatic rings. The molecule has 6 heterocycles. The fraction of sp³-hybridized carbons (Fsp3) is 0.920. The van der Waals surface area contributed by atoms with Gasteiger partial charge in [0.2, 0.25) is 17.7 Å². The summed E-state index contributed by atoms with van der Waals surface area (Å²) < 4.78 is 89.0. The van der Waals surface area contributed by atoms with Crippen LogP contribution in [0.25, 0.3) is 0 Å². The molecule has 23 atom stereocenters. The van der Waals surface area contributed by atoms with Crippen molar-refractivity contribution in [1.82, 2.24) is 14.7 Å². The van der Waals surface area contributed by atoms with Crippen molar-refractivity contribution < 1.29 is 150 Å². The summed E-state index contributed by atoms with van der Waals surface area (Å²) in [6.45, 7) is 6.70.